The molecule has 2 aromatic carbocycles. The van der Waals surface area contributed by atoms with E-state index >= 15 is 0 Å². The molecule has 0 aromatic heterocycles. The maximum absolute atomic E-state index is 13.6. The molecule has 0 unspecified atom stereocenters. The summed E-state index contributed by atoms with van der Waals surface area (Å²) in [7, 11) is -2.87. The van der Waals surface area contributed by atoms with E-state index in [-0.39, 0.29) is 24.4 Å². The van der Waals surface area contributed by atoms with Crippen LogP contribution >= 0.6 is 0 Å². The lowest BCUT2D eigenvalue weighted by molar-refractivity contribution is -0.384. The summed E-state index contributed by atoms with van der Waals surface area (Å²) in [5.74, 6) is -1.63. The third-order valence-corrected chi connectivity index (χ3v) is 6.65. The highest BCUT2D eigenvalue weighted by Gasteiger charge is 2.33. The summed E-state index contributed by atoms with van der Waals surface area (Å²) in [4.78, 5) is 38.4. The molecule has 2 amide bonds. The van der Waals surface area contributed by atoms with E-state index in [1.54, 1.807) is 6.92 Å². The number of nitro benzene ring substituents is 1. The maximum Gasteiger partial charge on any atom is 0.271 e. The van der Waals surface area contributed by atoms with Crippen molar-refractivity contribution in [3.63, 3.8) is 0 Å². The first-order valence-electron chi connectivity index (χ1n) is 11.5. The number of non-ortho nitro benzene ring substituents is 1. The Hall–Kier alpha value is -3.74. The highest BCUT2D eigenvalue weighted by Crippen LogP contribution is 2.34. The molecule has 1 atom stereocenters. The van der Waals surface area contributed by atoms with Crippen molar-refractivity contribution in [1.82, 2.24) is 10.2 Å². The van der Waals surface area contributed by atoms with Crippen molar-refractivity contribution in [2.24, 2.45) is 0 Å². The van der Waals surface area contributed by atoms with Gasteiger partial charge in [0.1, 0.15) is 29.8 Å². The third kappa shape index (κ3) is 7.87. The Morgan fingerprint density at radius 1 is 1.16 bits per heavy atom. The van der Waals surface area contributed by atoms with Crippen molar-refractivity contribution >= 4 is 33.2 Å². The average molecular weight is 539 g/mol. The zero-order valence-corrected chi connectivity index (χ0v) is 22.0. The van der Waals surface area contributed by atoms with E-state index < -0.39 is 50.9 Å². The molecule has 0 aliphatic rings. The number of carbonyl (C=O) groups is 2. The van der Waals surface area contributed by atoms with E-state index in [0.717, 1.165) is 18.4 Å². The number of benzene rings is 2. The van der Waals surface area contributed by atoms with Crippen molar-refractivity contribution in [3.8, 4) is 5.75 Å². The largest absolute Gasteiger partial charge is 0.495 e. The molecule has 202 valence electrons. The summed E-state index contributed by atoms with van der Waals surface area (Å²) in [6, 6.07) is 7.80. The number of halogens is 1. The van der Waals surface area contributed by atoms with Gasteiger partial charge in [0, 0.05) is 25.2 Å². The Kier molecular flexibility index (Phi) is 10.4. The number of nitrogens with zero attached hydrogens (tertiary/aromatic N) is 3. The monoisotopic (exact) mass is 538 g/mol. The van der Waals surface area contributed by atoms with Crippen molar-refractivity contribution in [1.29, 1.82) is 0 Å². The van der Waals surface area contributed by atoms with Crippen LogP contribution in [0.5, 0.6) is 5.75 Å². The van der Waals surface area contributed by atoms with Crippen LogP contribution in [0.15, 0.2) is 42.5 Å². The second-order valence-electron chi connectivity index (χ2n) is 8.25. The molecule has 1 N–H and O–H groups in total. The zero-order chi connectivity index (χ0) is 27.8. The van der Waals surface area contributed by atoms with Gasteiger partial charge in [-0.25, -0.2) is 12.8 Å². The van der Waals surface area contributed by atoms with Crippen LogP contribution in [0.1, 0.15) is 32.3 Å². The van der Waals surface area contributed by atoms with Gasteiger partial charge in [-0.05, 0) is 36.6 Å². The highest BCUT2D eigenvalue weighted by molar-refractivity contribution is 7.92. The lowest BCUT2D eigenvalue weighted by Gasteiger charge is -2.33. The highest BCUT2D eigenvalue weighted by atomic mass is 32.2. The lowest BCUT2D eigenvalue weighted by atomic mass is 10.1. The molecule has 0 radical (unpaired) electrons. The molecule has 2 rings (SSSR count). The molecule has 2 aromatic rings. The number of anilines is 1. The molecular formula is C24H31FN4O7S. The van der Waals surface area contributed by atoms with Crippen LogP contribution in [0.25, 0.3) is 0 Å². The lowest BCUT2D eigenvalue weighted by Crippen LogP contribution is -2.52. The quantitative estimate of drug-likeness (QED) is 0.306. The van der Waals surface area contributed by atoms with Gasteiger partial charge in [-0.1, -0.05) is 26.0 Å². The minimum Gasteiger partial charge on any atom is -0.495 e. The normalized spacial score (nSPS) is 11.9. The number of rotatable bonds is 13. The summed E-state index contributed by atoms with van der Waals surface area (Å²) < 4.78 is 44.9. The number of hydrogen-bond donors (Lipinski definition) is 1. The fraction of sp³-hybridized carbons (Fsp3) is 0.417. The second-order valence-corrected chi connectivity index (χ2v) is 10.2. The summed E-state index contributed by atoms with van der Waals surface area (Å²) in [5.41, 5.74) is -0.0708. The predicted octanol–water partition coefficient (Wildman–Crippen LogP) is 2.84. The smallest absolute Gasteiger partial charge is 0.271 e. The molecule has 0 aliphatic carbocycles. The van der Waals surface area contributed by atoms with Gasteiger partial charge in [-0.15, -0.1) is 0 Å². The SMILES string of the molecule is CCCNC(=O)[C@H](CC)N(Cc1ccc(F)cc1)C(=O)CN(c1cc([N+](=O)[O-])ccc1OC)S(C)(=O)=O. The van der Waals surface area contributed by atoms with Crippen LogP contribution in [0, 0.1) is 15.9 Å². The molecular weight excluding hydrogens is 507 g/mol. The van der Waals surface area contributed by atoms with E-state index in [2.05, 4.69) is 5.32 Å². The summed E-state index contributed by atoms with van der Waals surface area (Å²) in [6.45, 7) is 3.11. The summed E-state index contributed by atoms with van der Waals surface area (Å²) in [5, 5.41) is 14.1. The first kappa shape index (κ1) is 29.5. The summed E-state index contributed by atoms with van der Waals surface area (Å²) >= 11 is 0. The van der Waals surface area contributed by atoms with E-state index in [0.29, 0.717) is 22.8 Å². The van der Waals surface area contributed by atoms with Crippen LogP contribution in [0.2, 0.25) is 0 Å². The van der Waals surface area contributed by atoms with Gasteiger partial charge in [0.05, 0.1) is 18.3 Å². The number of nitro groups is 1. The van der Waals surface area contributed by atoms with Crippen molar-refractivity contribution in [2.75, 3.05) is 30.8 Å². The number of nitrogens with one attached hydrogen (secondary N) is 1. The van der Waals surface area contributed by atoms with E-state index in [1.165, 1.54) is 42.3 Å². The van der Waals surface area contributed by atoms with Gasteiger partial charge < -0.3 is 15.0 Å². The Morgan fingerprint density at radius 3 is 2.32 bits per heavy atom. The molecule has 0 aliphatic heterocycles. The van der Waals surface area contributed by atoms with E-state index in [9.17, 15) is 32.5 Å². The van der Waals surface area contributed by atoms with Crippen LogP contribution < -0.4 is 14.4 Å². The van der Waals surface area contributed by atoms with Crippen molar-refractivity contribution < 1.29 is 32.1 Å². The van der Waals surface area contributed by atoms with E-state index in [4.69, 9.17) is 4.74 Å². The van der Waals surface area contributed by atoms with Gasteiger partial charge in [-0.3, -0.25) is 24.0 Å². The zero-order valence-electron chi connectivity index (χ0n) is 21.1. The average Bonchev–Trinajstić information content (AvgIpc) is 2.85. The van der Waals surface area contributed by atoms with Gasteiger partial charge in [-0.2, -0.15) is 0 Å². The topological polar surface area (TPSA) is 139 Å². The molecule has 37 heavy (non-hydrogen) atoms. The molecule has 0 bridgehead atoms. The number of methoxy groups -OCH3 is 1. The van der Waals surface area contributed by atoms with E-state index in [1.807, 2.05) is 6.92 Å². The van der Waals surface area contributed by atoms with Gasteiger partial charge in [0.15, 0.2) is 0 Å². The van der Waals surface area contributed by atoms with Gasteiger partial charge in [0.25, 0.3) is 5.69 Å². The second kappa shape index (κ2) is 13.0. The Bertz CT molecular complexity index is 1220. The fourth-order valence-corrected chi connectivity index (χ4v) is 4.50. The number of amides is 2. The van der Waals surface area contributed by atoms with Crippen molar-refractivity contribution in [3.05, 3.63) is 64.0 Å². The number of ether oxygens (including phenoxy) is 1. The molecule has 11 nitrogen and oxygen atoms in total. The Morgan fingerprint density at radius 2 is 1.81 bits per heavy atom. The third-order valence-electron chi connectivity index (χ3n) is 5.52. The number of hydrogen-bond acceptors (Lipinski definition) is 7. The molecule has 13 heteroatoms. The first-order valence-corrected chi connectivity index (χ1v) is 13.4. The predicted molar refractivity (Wildman–Crippen MR) is 136 cm³/mol. The number of sulfonamides is 1. The summed E-state index contributed by atoms with van der Waals surface area (Å²) in [6.07, 6.45) is 1.75. The fourth-order valence-electron chi connectivity index (χ4n) is 3.65. The van der Waals surface area contributed by atoms with Crippen LogP contribution in [0.3, 0.4) is 0 Å². The Balaban J connectivity index is 2.54. The van der Waals surface area contributed by atoms with Crippen LogP contribution in [0.4, 0.5) is 15.8 Å². The maximum atomic E-state index is 13.6. The Labute approximate surface area is 215 Å². The molecule has 0 heterocycles. The molecule has 0 spiro atoms. The molecule has 0 fully saturated rings. The number of carbonyl (C=O) groups excluding carboxylic acids is 2. The van der Waals surface area contributed by atoms with Crippen LogP contribution in [-0.4, -0.2) is 62.6 Å². The van der Waals surface area contributed by atoms with Crippen molar-refractivity contribution in [2.45, 2.75) is 39.3 Å². The van der Waals surface area contributed by atoms with Gasteiger partial charge >= 0.3 is 0 Å². The standard InChI is InChI=1S/C24H31FN4O7S/c1-5-13-26-24(31)20(6-2)27(15-17-7-9-18(25)10-8-17)23(30)16-28(37(4,34)35)21-14-19(29(32)33)11-12-22(21)36-3/h7-12,14,20H,5-6,13,15-16H2,1-4H3,(H,26,31)/t20-/m0/s1. The minimum atomic E-state index is -4.13. The molecule has 0 saturated carbocycles. The van der Waals surface area contributed by atoms with Gasteiger partial charge in [0.2, 0.25) is 21.8 Å². The minimum absolute atomic E-state index is 0.00152. The first-order chi connectivity index (χ1) is 17.4. The van der Waals surface area contributed by atoms with Crippen LogP contribution in [-0.2, 0) is 26.2 Å². The molecule has 0 saturated heterocycles.